The fourth-order valence-corrected chi connectivity index (χ4v) is 5.98. The smallest absolute Gasteiger partial charge is 0.245 e. The summed E-state index contributed by atoms with van der Waals surface area (Å²) < 4.78 is 0. The van der Waals surface area contributed by atoms with Crippen LogP contribution in [0.4, 0.5) is 0 Å². The standard InChI is InChI=1S/C41H69N5O8/c1-5-7-9-10-11-12-13-14-15-16-17-18-19-21-37(50)42-27-26-38(51)43-30(3)39(52)45-35(28-32-22-24-33(49)25-23-32)40(53)46-36(29-47)41(54)44-34(31(4)48)20-8-6-2/h22-25,30,34-36,47,49H,5-21,26-29H2,1-4H3,(H,42,50)(H,43,51)(H,44,54)(H,45,52)(H,46,53)/t30-,34-,35-,36-/m0/s1. The second kappa shape index (κ2) is 29.4. The molecule has 0 aromatic heterocycles. The van der Waals surface area contributed by atoms with Crippen molar-refractivity contribution in [2.45, 2.75) is 174 Å². The number of amides is 5. The van der Waals surface area contributed by atoms with Gasteiger partial charge < -0.3 is 36.8 Å². The number of nitrogens with one attached hydrogen (secondary N) is 5. The molecule has 0 saturated carbocycles. The van der Waals surface area contributed by atoms with Gasteiger partial charge in [0.2, 0.25) is 29.5 Å². The van der Waals surface area contributed by atoms with Crippen molar-refractivity contribution in [3.63, 3.8) is 0 Å². The molecule has 0 fully saturated rings. The molecular formula is C41H69N5O8. The topological polar surface area (TPSA) is 203 Å². The van der Waals surface area contributed by atoms with E-state index in [2.05, 4.69) is 33.5 Å². The van der Waals surface area contributed by atoms with Gasteiger partial charge in [-0.2, -0.15) is 0 Å². The van der Waals surface area contributed by atoms with Crippen molar-refractivity contribution in [1.82, 2.24) is 26.6 Å². The maximum Gasteiger partial charge on any atom is 0.245 e. The summed E-state index contributed by atoms with van der Waals surface area (Å²) in [5.74, 6) is -3.00. The minimum absolute atomic E-state index is 0.0102. The number of unbranched alkanes of at least 4 members (excludes halogenated alkanes) is 13. The Kier molecular flexibility index (Phi) is 26.1. The molecule has 0 spiro atoms. The molecule has 0 heterocycles. The third-order valence-electron chi connectivity index (χ3n) is 9.43. The number of Topliss-reactive ketones (excluding diaryl/α,β-unsaturated/α-hetero) is 1. The van der Waals surface area contributed by atoms with Crippen molar-refractivity contribution < 1.29 is 39.0 Å². The van der Waals surface area contributed by atoms with Crippen LogP contribution in [0.15, 0.2) is 24.3 Å². The summed E-state index contributed by atoms with van der Waals surface area (Å²) in [5, 5.41) is 32.6. The number of hydrogen-bond donors (Lipinski definition) is 7. The van der Waals surface area contributed by atoms with Gasteiger partial charge in [-0.3, -0.25) is 28.8 Å². The van der Waals surface area contributed by atoms with E-state index in [1.807, 2.05) is 6.92 Å². The van der Waals surface area contributed by atoms with Crippen molar-refractivity contribution in [2.24, 2.45) is 0 Å². The van der Waals surface area contributed by atoms with E-state index in [0.29, 0.717) is 24.8 Å². The molecule has 306 valence electrons. The predicted octanol–water partition coefficient (Wildman–Crippen LogP) is 4.65. The van der Waals surface area contributed by atoms with E-state index in [1.54, 1.807) is 12.1 Å². The molecule has 4 atom stereocenters. The highest BCUT2D eigenvalue weighted by molar-refractivity contribution is 5.95. The van der Waals surface area contributed by atoms with Crippen molar-refractivity contribution in [3.8, 4) is 5.75 Å². The van der Waals surface area contributed by atoms with Gasteiger partial charge in [-0.05, 0) is 44.4 Å². The Morgan fingerprint density at radius 2 is 1.09 bits per heavy atom. The molecule has 0 saturated heterocycles. The number of aromatic hydroxyl groups is 1. The van der Waals surface area contributed by atoms with Gasteiger partial charge in [0.1, 0.15) is 23.9 Å². The van der Waals surface area contributed by atoms with Crippen LogP contribution in [0.25, 0.3) is 0 Å². The largest absolute Gasteiger partial charge is 0.508 e. The first-order valence-electron chi connectivity index (χ1n) is 20.3. The molecule has 0 radical (unpaired) electrons. The number of ketones is 1. The van der Waals surface area contributed by atoms with E-state index < -0.39 is 54.4 Å². The summed E-state index contributed by atoms with van der Waals surface area (Å²) in [6, 6.07) is 1.57. The van der Waals surface area contributed by atoms with Gasteiger partial charge in [-0.15, -0.1) is 0 Å². The molecule has 1 rings (SSSR count). The zero-order valence-electron chi connectivity index (χ0n) is 33.3. The minimum atomic E-state index is -1.39. The SMILES string of the molecule is CCCCCCCCCCCCCCCC(=O)NCCC(=O)N[C@@H](C)C(=O)N[C@@H](Cc1ccc(O)cc1)C(=O)N[C@@H](CO)C(=O)N[C@@H](CCCC)C(C)=O. The minimum Gasteiger partial charge on any atom is -0.508 e. The Bertz CT molecular complexity index is 1260. The Labute approximate surface area is 323 Å². The first-order chi connectivity index (χ1) is 25.9. The van der Waals surface area contributed by atoms with Crippen LogP contribution in [0.2, 0.25) is 0 Å². The average molecular weight is 760 g/mol. The van der Waals surface area contributed by atoms with Gasteiger partial charge in [-0.1, -0.05) is 116 Å². The number of hydrogen-bond acceptors (Lipinski definition) is 8. The summed E-state index contributed by atoms with van der Waals surface area (Å²) >= 11 is 0. The lowest BCUT2D eigenvalue weighted by Gasteiger charge is -2.25. The zero-order chi connectivity index (χ0) is 40.1. The van der Waals surface area contributed by atoms with Crippen LogP contribution < -0.4 is 26.6 Å². The van der Waals surface area contributed by atoms with E-state index >= 15 is 0 Å². The molecule has 13 nitrogen and oxygen atoms in total. The van der Waals surface area contributed by atoms with Crippen LogP contribution in [0.3, 0.4) is 0 Å². The van der Waals surface area contributed by atoms with Gasteiger partial charge in [0.15, 0.2) is 5.78 Å². The molecule has 13 heteroatoms. The molecular weight excluding hydrogens is 690 g/mol. The van der Waals surface area contributed by atoms with Gasteiger partial charge in [0, 0.05) is 25.8 Å². The summed E-state index contributed by atoms with van der Waals surface area (Å²) in [5.41, 5.74) is 0.584. The highest BCUT2D eigenvalue weighted by atomic mass is 16.3. The van der Waals surface area contributed by atoms with E-state index in [1.165, 1.54) is 90.2 Å². The Hall–Kier alpha value is -4.00. The molecule has 1 aromatic carbocycles. The molecule has 0 unspecified atom stereocenters. The Morgan fingerprint density at radius 3 is 1.63 bits per heavy atom. The lowest BCUT2D eigenvalue weighted by molar-refractivity contribution is -0.134. The van der Waals surface area contributed by atoms with Crippen molar-refractivity contribution in [3.05, 3.63) is 29.8 Å². The third-order valence-corrected chi connectivity index (χ3v) is 9.43. The van der Waals surface area contributed by atoms with E-state index in [4.69, 9.17) is 0 Å². The molecule has 0 bridgehead atoms. The van der Waals surface area contributed by atoms with E-state index in [9.17, 15) is 39.0 Å². The van der Waals surface area contributed by atoms with Crippen LogP contribution in [-0.2, 0) is 35.2 Å². The summed E-state index contributed by atoms with van der Waals surface area (Å²) in [4.78, 5) is 76.4. The second-order valence-electron chi connectivity index (χ2n) is 14.4. The number of aliphatic hydroxyl groups is 1. The number of benzene rings is 1. The molecule has 1 aromatic rings. The Morgan fingerprint density at radius 1 is 0.593 bits per heavy atom. The molecule has 5 amide bonds. The number of carbonyl (C=O) groups is 6. The number of aliphatic hydroxyl groups excluding tert-OH is 1. The van der Waals surface area contributed by atoms with Crippen molar-refractivity contribution >= 4 is 35.3 Å². The molecule has 54 heavy (non-hydrogen) atoms. The highest BCUT2D eigenvalue weighted by Gasteiger charge is 2.30. The molecule has 7 N–H and O–H groups in total. The lowest BCUT2D eigenvalue weighted by atomic mass is 10.0. The van der Waals surface area contributed by atoms with Crippen LogP contribution >= 0.6 is 0 Å². The Balaban J connectivity index is 2.54. The monoisotopic (exact) mass is 760 g/mol. The van der Waals surface area contributed by atoms with E-state index in [0.717, 1.165) is 25.7 Å². The summed E-state index contributed by atoms with van der Waals surface area (Å²) in [6.07, 6.45) is 18.2. The fourth-order valence-electron chi connectivity index (χ4n) is 5.98. The summed E-state index contributed by atoms with van der Waals surface area (Å²) in [7, 11) is 0. The second-order valence-corrected chi connectivity index (χ2v) is 14.4. The maximum absolute atomic E-state index is 13.4. The number of carbonyl (C=O) groups excluding carboxylic acids is 6. The first-order valence-corrected chi connectivity index (χ1v) is 20.3. The highest BCUT2D eigenvalue weighted by Crippen LogP contribution is 2.14. The third kappa shape index (κ3) is 22.3. The zero-order valence-corrected chi connectivity index (χ0v) is 33.3. The summed E-state index contributed by atoms with van der Waals surface area (Å²) in [6.45, 7) is 6.37. The predicted molar refractivity (Wildman–Crippen MR) is 210 cm³/mol. The van der Waals surface area contributed by atoms with Gasteiger partial charge >= 0.3 is 0 Å². The average Bonchev–Trinajstić information content (AvgIpc) is 3.14. The molecule has 0 aliphatic rings. The first kappa shape index (κ1) is 48.0. The van der Waals surface area contributed by atoms with E-state index in [-0.39, 0.29) is 36.8 Å². The maximum atomic E-state index is 13.4. The van der Waals surface area contributed by atoms with Crippen LogP contribution in [-0.4, -0.2) is 82.9 Å². The van der Waals surface area contributed by atoms with Crippen LogP contribution in [0.1, 0.15) is 149 Å². The normalized spacial score (nSPS) is 13.2. The van der Waals surface area contributed by atoms with Gasteiger partial charge in [0.25, 0.3) is 0 Å². The molecule has 0 aliphatic heterocycles. The fraction of sp³-hybridized carbons (Fsp3) is 0.707. The van der Waals surface area contributed by atoms with Gasteiger partial charge in [0.05, 0.1) is 12.6 Å². The quantitative estimate of drug-likeness (QED) is 0.0530. The van der Waals surface area contributed by atoms with Crippen LogP contribution in [0, 0.1) is 0 Å². The lowest BCUT2D eigenvalue weighted by Crippen LogP contribution is -2.58. The van der Waals surface area contributed by atoms with Crippen molar-refractivity contribution in [2.75, 3.05) is 13.2 Å². The van der Waals surface area contributed by atoms with Crippen LogP contribution in [0.5, 0.6) is 5.75 Å². The number of rotatable bonds is 31. The number of phenols is 1. The molecule has 0 aliphatic carbocycles. The number of phenolic OH excluding ortho intramolecular Hbond substituents is 1. The van der Waals surface area contributed by atoms with Gasteiger partial charge in [-0.25, -0.2) is 0 Å². The van der Waals surface area contributed by atoms with Crippen molar-refractivity contribution in [1.29, 1.82) is 0 Å².